The standard InChI is InChI=1S/C10H12BrClN2O5S/c1-19-10(16)7(15)4-14-20(17,18)8-3-5(12)2-6(13)9(8)11/h2-3,7,14-15H,4,13H2,1H3. The van der Waals surface area contributed by atoms with Crippen molar-refractivity contribution in [3.8, 4) is 0 Å². The molecule has 0 aliphatic rings. The number of nitrogens with two attached hydrogens (primary N) is 1. The second kappa shape index (κ2) is 6.72. The first-order valence-corrected chi connectivity index (χ1v) is 7.84. The first-order valence-electron chi connectivity index (χ1n) is 5.19. The molecule has 7 nitrogen and oxygen atoms in total. The number of hydrogen-bond acceptors (Lipinski definition) is 6. The molecule has 0 aliphatic heterocycles. The van der Waals surface area contributed by atoms with Crippen LogP contribution in [-0.4, -0.2) is 39.3 Å². The van der Waals surface area contributed by atoms with Gasteiger partial charge < -0.3 is 15.6 Å². The minimum Gasteiger partial charge on any atom is -0.467 e. The lowest BCUT2D eigenvalue weighted by Crippen LogP contribution is -2.37. The number of aliphatic hydroxyl groups is 1. The molecule has 4 N–H and O–H groups in total. The Morgan fingerprint density at radius 1 is 1.60 bits per heavy atom. The summed E-state index contributed by atoms with van der Waals surface area (Å²) in [6.07, 6.45) is -1.61. The van der Waals surface area contributed by atoms with Crippen molar-refractivity contribution >= 4 is 49.2 Å². The average Bonchev–Trinajstić information content (AvgIpc) is 2.39. The van der Waals surface area contributed by atoms with Crippen molar-refractivity contribution in [1.29, 1.82) is 0 Å². The number of nitrogen functional groups attached to an aromatic ring is 1. The molecule has 112 valence electrons. The Morgan fingerprint density at radius 2 is 2.20 bits per heavy atom. The first kappa shape index (κ1) is 17.2. The summed E-state index contributed by atoms with van der Waals surface area (Å²) in [7, 11) is -2.92. The molecule has 1 rings (SSSR count). The van der Waals surface area contributed by atoms with Crippen LogP contribution in [0, 0.1) is 0 Å². The molecule has 0 radical (unpaired) electrons. The fourth-order valence-electron chi connectivity index (χ4n) is 1.27. The van der Waals surface area contributed by atoms with Crippen molar-refractivity contribution in [2.75, 3.05) is 19.4 Å². The van der Waals surface area contributed by atoms with E-state index in [-0.39, 0.29) is 20.1 Å². The van der Waals surface area contributed by atoms with Crippen molar-refractivity contribution in [2.45, 2.75) is 11.0 Å². The molecule has 0 saturated carbocycles. The Balaban J connectivity index is 2.98. The summed E-state index contributed by atoms with van der Waals surface area (Å²) in [4.78, 5) is 10.8. The van der Waals surface area contributed by atoms with Crippen LogP contribution in [0.4, 0.5) is 5.69 Å². The smallest absolute Gasteiger partial charge is 0.336 e. The third-order valence-electron chi connectivity index (χ3n) is 2.26. The van der Waals surface area contributed by atoms with Crippen LogP contribution in [-0.2, 0) is 19.6 Å². The van der Waals surface area contributed by atoms with Crippen molar-refractivity contribution in [3.63, 3.8) is 0 Å². The monoisotopic (exact) mass is 386 g/mol. The lowest BCUT2D eigenvalue weighted by Gasteiger charge is -2.12. The Bertz CT molecular complexity index is 622. The molecular weight excluding hydrogens is 376 g/mol. The summed E-state index contributed by atoms with van der Waals surface area (Å²) in [6, 6.07) is 2.57. The van der Waals surface area contributed by atoms with Gasteiger partial charge in [0.25, 0.3) is 0 Å². The Hall–Kier alpha value is -0.870. The molecule has 0 spiro atoms. The van der Waals surface area contributed by atoms with Crippen LogP contribution in [0.25, 0.3) is 0 Å². The lowest BCUT2D eigenvalue weighted by atomic mass is 10.3. The highest BCUT2D eigenvalue weighted by Crippen LogP contribution is 2.31. The van der Waals surface area contributed by atoms with Crippen LogP contribution in [0.3, 0.4) is 0 Å². The van der Waals surface area contributed by atoms with Crippen molar-refractivity contribution < 1.29 is 23.1 Å². The number of hydrogen-bond donors (Lipinski definition) is 3. The fourth-order valence-corrected chi connectivity index (χ4v) is 3.59. The number of carbonyl (C=O) groups is 1. The average molecular weight is 388 g/mol. The van der Waals surface area contributed by atoms with Gasteiger partial charge in [-0.25, -0.2) is 17.9 Å². The van der Waals surface area contributed by atoms with E-state index >= 15 is 0 Å². The van der Waals surface area contributed by atoms with Crippen LogP contribution in [0.5, 0.6) is 0 Å². The van der Waals surface area contributed by atoms with E-state index in [1.807, 2.05) is 0 Å². The van der Waals surface area contributed by atoms with Gasteiger partial charge in [0, 0.05) is 17.3 Å². The zero-order valence-corrected chi connectivity index (χ0v) is 13.4. The van der Waals surface area contributed by atoms with Crippen LogP contribution in [0.2, 0.25) is 5.02 Å². The number of methoxy groups -OCH3 is 1. The van der Waals surface area contributed by atoms with E-state index in [1.54, 1.807) is 0 Å². The highest BCUT2D eigenvalue weighted by atomic mass is 79.9. The number of ether oxygens (including phenoxy) is 1. The van der Waals surface area contributed by atoms with Crippen LogP contribution in [0.15, 0.2) is 21.5 Å². The molecule has 20 heavy (non-hydrogen) atoms. The van der Waals surface area contributed by atoms with Crippen LogP contribution < -0.4 is 10.5 Å². The topological polar surface area (TPSA) is 119 Å². The molecule has 0 aliphatic carbocycles. The summed E-state index contributed by atoms with van der Waals surface area (Å²) in [5.74, 6) is -0.947. The maximum atomic E-state index is 12.1. The van der Waals surface area contributed by atoms with Crippen LogP contribution in [0.1, 0.15) is 0 Å². The lowest BCUT2D eigenvalue weighted by molar-refractivity contribution is -0.149. The molecule has 1 atom stereocenters. The van der Waals surface area contributed by atoms with Gasteiger partial charge in [0.2, 0.25) is 10.0 Å². The molecule has 0 heterocycles. The molecule has 10 heteroatoms. The van der Waals surface area contributed by atoms with Crippen molar-refractivity contribution in [3.05, 3.63) is 21.6 Å². The van der Waals surface area contributed by atoms with E-state index in [0.717, 1.165) is 7.11 Å². The van der Waals surface area contributed by atoms with Gasteiger partial charge in [-0.2, -0.15) is 0 Å². The number of sulfonamides is 1. The second-order valence-corrected chi connectivity index (χ2v) is 6.66. The third kappa shape index (κ3) is 4.06. The second-order valence-electron chi connectivity index (χ2n) is 3.70. The summed E-state index contributed by atoms with van der Waals surface area (Å²) >= 11 is 8.79. The zero-order chi connectivity index (χ0) is 15.5. The van der Waals surface area contributed by atoms with Crippen LogP contribution >= 0.6 is 27.5 Å². The summed E-state index contributed by atoms with van der Waals surface area (Å²) in [5.41, 5.74) is 5.74. The fraction of sp³-hybridized carbons (Fsp3) is 0.300. The Labute approximate surface area is 129 Å². The molecule has 1 aromatic rings. The van der Waals surface area contributed by atoms with Gasteiger partial charge in [-0.1, -0.05) is 11.6 Å². The van der Waals surface area contributed by atoms with E-state index in [2.05, 4.69) is 25.4 Å². The number of aliphatic hydroxyl groups excluding tert-OH is 1. The molecule has 1 unspecified atom stereocenters. The highest BCUT2D eigenvalue weighted by Gasteiger charge is 2.23. The maximum absolute atomic E-state index is 12.1. The summed E-state index contributed by atoms with van der Waals surface area (Å²) in [6.45, 7) is -0.534. The number of benzene rings is 1. The van der Waals surface area contributed by atoms with Gasteiger partial charge in [-0.05, 0) is 28.1 Å². The Kier molecular flexibility index (Phi) is 5.78. The molecule has 0 aromatic heterocycles. The summed E-state index contributed by atoms with van der Waals surface area (Å²) < 4.78 is 30.6. The first-order chi connectivity index (χ1) is 9.19. The number of esters is 1. The number of anilines is 1. The number of halogens is 2. The van der Waals surface area contributed by atoms with Gasteiger partial charge in [0.15, 0.2) is 6.10 Å². The predicted octanol–water partition coefficient (Wildman–Crippen LogP) is 0.497. The molecule has 0 bridgehead atoms. The predicted molar refractivity (Wildman–Crippen MR) is 76.8 cm³/mol. The van der Waals surface area contributed by atoms with Gasteiger partial charge in [-0.15, -0.1) is 0 Å². The SMILES string of the molecule is COC(=O)C(O)CNS(=O)(=O)c1cc(Cl)cc(N)c1Br. The Morgan fingerprint density at radius 3 is 2.75 bits per heavy atom. The molecular formula is C10H12BrClN2O5S. The normalized spacial score (nSPS) is 13.0. The van der Waals surface area contributed by atoms with Gasteiger partial charge >= 0.3 is 5.97 Å². The minimum atomic E-state index is -4.00. The highest BCUT2D eigenvalue weighted by molar-refractivity contribution is 9.10. The molecule has 0 saturated heterocycles. The maximum Gasteiger partial charge on any atom is 0.336 e. The van der Waals surface area contributed by atoms with Gasteiger partial charge in [0.1, 0.15) is 0 Å². The van der Waals surface area contributed by atoms with Crippen molar-refractivity contribution in [2.24, 2.45) is 0 Å². The van der Waals surface area contributed by atoms with Crippen molar-refractivity contribution in [1.82, 2.24) is 4.72 Å². The molecule has 0 fully saturated rings. The molecule has 1 aromatic carbocycles. The zero-order valence-electron chi connectivity index (χ0n) is 10.3. The molecule has 0 amide bonds. The minimum absolute atomic E-state index is 0.139. The van der Waals surface area contributed by atoms with E-state index in [9.17, 15) is 18.3 Å². The van der Waals surface area contributed by atoms with Gasteiger partial charge in [-0.3, -0.25) is 0 Å². The van der Waals surface area contributed by atoms with E-state index < -0.39 is 28.6 Å². The third-order valence-corrected chi connectivity index (χ3v) is 5.08. The van der Waals surface area contributed by atoms with E-state index in [0.29, 0.717) is 0 Å². The van der Waals surface area contributed by atoms with E-state index in [1.165, 1.54) is 12.1 Å². The number of carbonyl (C=O) groups excluding carboxylic acids is 1. The quantitative estimate of drug-likeness (QED) is 0.500. The largest absolute Gasteiger partial charge is 0.467 e. The number of rotatable bonds is 5. The number of nitrogens with one attached hydrogen (secondary N) is 1. The summed E-state index contributed by atoms with van der Waals surface area (Å²) in [5, 5.41) is 9.48. The van der Waals surface area contributed by atoms with E-state index in [4.69, 9.17) is 17.3 Å². The van der Waals surface area contributed by atoms with Gasteiger partial charge in [0.05, 0.1) is 16.5 Å².